The van der Waals surface area contributed by atoms with Crippen molar-refractivity contribution in [1.82, 2.24) is 0 Å². The second-order valence-electron chi connectivity index (χ2n) is 7.97. The normalized spacial score (nSPS) is 11.2. The van der Waals surface area contributed by atoms with Crippen molar-refractivity contribution in [1.29, 1.82) is 0 Å². The van der Waals surface area contributed by atoms with Gasteiger partial charge in [0.25, 0.3) is 0 Å². The van der Waals surface area contributed by atoms with Gasteiger partial charge in [-0.05, 0) is 64.1 Å². The number of ether oxygens (including phenoxy) is 4. The van der Waals surface area contributed by atoms with Gasteiger partial charge in [0, 0.05) is 6.07 Å². The average Bonchev–Trinajstić information content (AvgIpc) is 2.73. The van der Waals surface area contributed by atoms with Gasteiger partial charge in [0.15, 0.2) is 6.61 Å². The molecule has 0 aliphatic heterocycles. The lowest BCUT2D eigenvalue weighted by Gasteiger charge is -2.19. The van der Waals surface area contributed by atoms with Crippen molar-refractivity contribution in [3.05, 3.63) is 64.0 Å². The Balaban J connectivity index is 1.80. The summed E-state index contributed by atoms with van der Waals surface area (Å²) in [5.41, 5.74) is -0.313. The lowest BCUT2D eigenvalue weighted by Crippen LogP contribution is -2.27. The van der Waals surface area contributed by atoms with E-state index in [-0.39, 0.29) is 23.5 Å². The van der Waals surface area contributed by atoms with Crippen LogP contribution in [0.3, 0.4) is 0 Å². The lowest BCUT2D eigenvalue weighted by atomic mass is 10.2. The van der Waals surface area contributed by atoms with Crippen molar-refractivity contribution in [2.24, 2.45) is 0 Å². The van der Waals surface area contributed by atoms with Crippen LogP contribution in [-0.2, 0) is 14.3 Å². The van der Waals surface area contributed by atoms with Crippen molar-refractivity contribution in [2.75, 3.05) is 13.7 Å². The van der Waals surface area contributed by atoms with E-state index in [1.54, 1.807) is 45.9 Å². The summed E-state index contributed by atoms with van der Waals surface area (Å²) in [7, 11) is 1.30. The van der Waals surface area contributed by atoms with E-state index in [4.69, 9.17) is 18.6 Å². The van der Waals surface area contributed by atoms with Crippen LogP contribution in [0.4, 0.5) is 0 Å². The van der Waals surface area contributed by atoms with Gasteiger partial charge in [-0.2, -0.15) is 0 Å². The van der Waals surface area contributed by atoms with Gasteiger partial charge in [0.05, 0.1) is 18.1 Å². The zero-order chi connectivity index (χ0) is 23.5. The molecule has 32 heavy (non-hydrogen) atoms. The van der Waals surface area contributed by atoms with E-state index in [0.29, 0.717) is 28.0 Å². The van der Waals surface area contributed by atoms with Crippen molar-refractivity contribution in [2.45, 2.75) is 33.3 Å². The number of carbonyl (C=O) groups excluding carboxylic acids is 2. The molecule has 0 saturated carbocycles. The van der Waals surface area contributed by atoms with Crippen LogP contribution in [0.25, 0.3) is 11.0 Å². The van der Waals surface area contributed by atoms with E-state index in [2.05, 4.69) is 4.74 Å². The molecular weight excluding hydrogens is 416 g/mol. The van der Waals surface area contributed by atoms with Crippen LogP contribution >= 0.6 is 0 Å². The van der Waals surface area contributed by atoms with Gasteiger partial charge >= 0.3 is 11.9 Å². The maximum atomic E-state index is 12.9. The van der Waals surface area contributed by atoms with Crippen LogP contribution in [0.15, 0.2) is 51.7 Å². The molecule has 0 bridgehead atoms. The Hall–Kier alpha value is -3.81. The number of benzene rings is 2. The summed E-state index contributed by atoms with van der Waals surface area (Å²) in [4.78, 5) is 36.3. The highest BCUT2D eigenvalue weighted by Crippen LogP contribution is 2.27. The Morgan fingerprint density at radius 1 is 1.00 bits per heavy atom. The number of rotatable bonds is 6. The first kappa shape index (κ1) is 22.9. The monoisotopic (exact) mass is 440 g/mol. The third-order valence-corrected chi connectivity index (χ3v) is 4.26. The molecule has 0 unspecified atom stereocenters. The van der Waals surface area contributed by atoms with Gasteiger partial charge in [0.1, 0.15) is 28.4 Å². The number of carbonyl (C=O) groups is 2. The van der Waals surface area contributed by atoms with Gasteiger partial charge in [-0.25, -0.2) is 9.59 Å². The maximum Gasteiger partial charge on any atom is 0.344 e. The maximum absolute atomic E-state index is 12.9. The molecule has 8 nitrogen and oxygen atoms in total. The zero-order valence-corrected chi connectivity index (χ0v) is 18.5. The molecule has 2 aromatic carbocycles. The molecule has 0 N–H and O–H groups in total. The van der Waals surface area contributed by atoms with Crippen LogP contribution in [-0.4, -0.2) is 31.3 Å². The second-order valence-corrected chi connectivity index (χ2v) is 7.97. The molecule has 0 saturated heterocycles. The third kappa shape index (κ3) is 5.46. The molecule has 0 aliphatic carbocycles. The predicted octanol–water partition coefficient (Wildman–Crippen LogP) is 4.40. The zero-order valence-electron chi connectivity index (χ0n) is 18.5. The molecule has 0 spiro atoms. The number of hydrogen-bond acceptors (Lipinski definition) is 8. The smallest absolute Gasteiger partial charge is 0.344 e. The number of methoxy groups -OCH3 is 1. The Bertz CT molecular complexity index is 1200. The van der Waals surface area contributed by atoms with Gasteiger partial charge in [-0.1, -0.05) is 0 Å². The summed E-state index contributed by atoms with van der Waals surface area (Å²) in [5.74, 6) is 0.0529. The van der Waals surface area contributed by atoms with Crippen LogP contribution in [0.2, 0.25) is 0 Å². The molecule has 1 heterocycles. The van der Waals surface area contributed by atoms with E-state index >= 15 is 0 Å². The quantitative estimate of drug-likeness (QED) is 0.520. The number of fused-ring (bicyclic) bond motifs is 1. The molecular formula is C24H24O8. The minimum absolute atomic E-state index is 0.0331. The molecule has 0 radical (unpaired) electrons. The van der Waals surface area contributed by atoms with E-state index < -0.39 is 17.5 Å². The summed E-state index contributed by atoms with van der Waals surface area (Å²) in [6.45, 7) is 6.64. The van der Waals surface area contributed by atoms with Crippen molar-refractivity contribution in [3.63, 3.8) is 0 Å². The molecule has 3 rings (SSSR count). The second kappa shape index (κ2) is 9.13. The fraction of sp³-hybridized carbons (Fsp3) is 0.292. The highest BCUT2D eigenvalue weighted by molar-refractivity contribution is 5.89. The van der Waals surface area contributed by atoms with Gasteiger partial charge in [-0.15, -0.1) is 0 Å². The van der Waals surface area contributed by atoms with Crippen LogP contribution in [0.5, 0.6) is 17.2 Å². The summed E-state index contributed by atoms with van der Waals surface area (Å²) in [6.07, 6.45) is 0. The van der Waals surface area contributed by atoms with Gasteiger partial charge in [0.2, 0.25) is 11.2 Å². The van der Waals surface area contributed by atoms with E-state index in [1.165, 1.54) is 31.4 Å². The molecule has 1 aromatic heterocycles. The van der Waals surface area contributed by atoms with E-state index in [9.17, 15) is 14.4 Å². The van der Waals surface area contributed by atoms with Crippen LogP contribution in [0.1, 0.15) is 36.9 Å². The first-order chi connectivity index (χ1) is 15.1. The fourth-order valence-corrected chi connectivity index (χ4v) is 2.88. The number of esters is 2. The molecule has 3 aromatic rings. The summed E-state index contributed by atoms with van der Waals surface area (Å²) < 4.78 is 26.8. The highest BCUT2D eigenvalue weighted by atomic mass is 16.6. The Morgan fingerprint density at radius 3 is 2.28 bits per heavy atom. The van der Waals surface area contributed by atoms with Crippen LogP contribution in [0, 0.1) is 6.92 Å². The topological polar surface area (TPSA) is 101 Å². The minimum atomic E-state index is -0.607. The van der Waals surface area contributed by atoms with Crippen molar-refractivity contribution < 1.29 is 33.0 Å². The molecule has 0 aliphatic rings. The summed E-state index contributed by atoms with van der Waals surface area (Å²) in [6, 6.07) is 10.8. The summed E-state index contributed by atoms with van der Waals surface area (Å²) >= 11 is 0. The van der Waals surface area contributed by atoms with E-state index in [0.717, 1.165) is 0 Å². The highest BCUT2D eigenvalue weighted by Gasteiger charge is 2.18. The average molecular weight is 440 g/mol. The molecule has 0 atom stereocenters. The van der Waals surface area contributed by atoms with Crippen molar-refractivity contribution in [3.8, 4) is 17.2 Å². The Kier molecular flexibility index (Phi) is 6.53. The fourth-order valence-electron chi connectivity index (χ4n) is 2.88. The van der Waals surface area contributed by atoms with Gasteiger partial charge < -0.3 is 23.4 Å². The number of aryl methyl sites for hydroxylation is 1. The Labute approximate surface area is 184 Å². The largest absolute Gasteiger partial charge is 0.482 e. The molecule has 168 valence electrons. The minimum Gasteiger partial charge on any atom is -0.482 e. The summed E-state index contributed by atoms with van der Waals surface area (Å²) in [5, 5.41) is 0.293. The van der Waals surface area contributed by atoms with Crippen LogP contribution < -0.4 is 14.9 Å². The first-order valence-corrected chi connectivity index (χ1v) is 9.86. The molecule has 0 fully saturated rings. The third-order valence-electron chi connectivity index (χ3n) is 4.26. The predicted molar refractivity (Wildman–Crippen MR) is 116 cm³/mol. The molecule has 8 heteroatoms. The Morgan fingerprint density at radius 2 is 1.66 bits per heavy atom. The molecule has 0 amide bonds. The standard InChI is InChI=1S/C24H24O8/c1-14-22(31-16-8-6-15(7-9-16)23(27)28-5)21(26)18-11-10-17(12-19(18)30-14)29-13-20(25)32-24(2,3)4/h6-12H,13H2,1-5H3. The lowest BCUT2D eigenvalue weighted by molar-refractivity contribution is -0.157. The number of hydrogen-bond donors (Lipinski definition) is 0. The van der Waals surface area contributed by atoms with E-state index in [1.807, 2.05) is 0 Å². The van der Waals surface area contributed by atoms with Crippen molar-refractivity contribution >= 4 is 22.9 Å². The SMILES string of the molecule is COC(=O)c1ccc(Oc2c(C)oc3cc(OCC(=O)OC(C)(C)C)ccc3c2=O)cc1. The first-order valence-electron chi connectivity index (χ1n) is 9.86. The van der Waals surface area contributed by atoms with Gasteiger partial charge in [-0.3, -0.25) is 4.79 Å².